The van der Waals surface area contributed by atoms with E-state index >= 15 is 0 Å². The van der Waals surface area contributed by atoms with Crippen LogP contribution < -0.4 is 0 Å². The fourth-order valence-corrected chi connectivity index (χ4v) is 9.75. The molecule has 67 heavy (non-hydrogen) atoms. The molecule has 0 saturated heterocycles. The van der Waals surface area contributed by atoms with Crippen molar-refractivity contribution >= 4 is 66.8 Å². The first-order valence-electron chi connectivity index (χ1n) is 19.6. The number of carbonyl (C=O) groups is 2. The highest BCUT2D eigenvalue weighted by Gasteiger charge is 2.24. The van der Waals surface area contributed by atoms with Crippen LogP contribution in [0.15, 0.2) is 202 Å². The Bertz CT molecular complexity index is 3150. The van der Waals surface area contributed by atoms with Gasteiger partial charge >= 0.3 is 0 Å². The number of rotatable bonds is 13. The molecule has 8 rings (SSSR count). The summed E-state index contributed by atoms with van der Waals surface area (Å²) in [6.07, 6.45) is 0. The van der Waals surface area contributed by atoms with Crippen LogP contribution in [-0.4, -0.2) is 48.4 Å². The third kappa shape index (κ3) is 11.7. The van der Waals surface area contributed by atoms with Crippen molar-refractivity contribution in [2.75, 3.05) is 0 Å². The molecule has 0 saturated carbocycles. The van der Waals surface area contributed by atoms with E-state index in [0.717, 1.165) is 57.6 Å². The van der Waals surface area contributed by atoms with Crippen LogP contribution in [0.5, 0.6) is 11.5 Å². The first kappa shape index (κ1) is 48.3. The number of ketones is 2. The summed E-state index contributed by atoms with van der Waals surface area (Å²) in [7, 11) is -8.88. The Morgan fingerprint density at radius 2 is 0.761 bits per heavy atom. The molecular formula is C50H34Cl2O12S3. The predicted octanol–water partition coefficient (Wildman–Crippen LogP) is 12.1. The lowest BCUT2D eigenvalue weighted by molar-refractivity contribution is -0.432. The van der Waals surface area contributed by atoms with Gasteiger partial charge in [0, 0.05) is 22.3 Å². The minimum absolute atomic E-state index is 0.0591. The van der Waals surface area contributed by atoms with Gasteiger partial charge in [0.15, 0.2) is 11.6 Å². The van der Waals surface area contributed by atoms with Crippen LogP contribution in [0.4, 0.5) is 0 Å². The molecule has 8 aromatic rings. The van der Waals surface area contributed by atoms with Crippen LogP contribution in [0.25, 0.3) is 33.4 Å². The molecule has 338 valence electrons. The smallest absolute Gasteiger partial charge is 0.296 e. The van der Waals surface area contributed by atoms with Gasteiger partial charge < -0.3 is 10.2 Å². The SMILES string of the molecule is O=C(c1ccc(-c2ccc(O)cc2)cc1)c1ccc(-c2ccc(C(=O)c3ccc(-c4ccc(O)cc4)cc3)cc2)cc1.O=S(=O)(O)c1cc(S(=O)(=O)c2ccc(Cl)c(SOOO)c2)ccc1Cl. The molecule has 0 unspecified atom stereocenters. The molecule has 17 heteroatoms. The number of phenolic OH excluding ortho intramolecular Hbond substituents is 2. The number of carbonyl (C=O) groups excluding carboxylic acids is 2. The van der Waals surface area contributed by atoms with Crippen LogP contribution in [0, 0.1) is 0 Å². The lowest BCUT2D eigenvalue weighted by atomic mass is 9.96. The number of benzene rings is 8. The number of halogens is 2. The Labute approximate surface area is 399 Å². The van der Waals surface area contributed by atoms with Gasteiger partial charge in [0.2, 0.25) is 9.84 Å². The highest BCUT2D eigenvalue weighted by Crippen LogP contribution is 2.34. The molecular weight excluding hydrogens is 960 g/mol. The Kier molecular flexibility index (Phi) is 15.1. The summed E-state index contributed by atoms with van der Waals surface area (Å²) < 4.78 is 61.3. The maximum absolute atomic E-state index is 13.1. The van der Waals surface area contributed by atoms with Gasteiger partial charge in [-0.25, -0.2) is 13.7 Å². The van der Waals surface area contributed by atoms with Gasteiger partial charge in [-0.15, -0.1) is 4.33 Å². The summed E-state index contributed by atoms with van der Waals surface area (Å²) in [5.41, 5.74) is 8.16. The molecule has 0 aliphatic rings. The zero-order valence-electron chi connectivity index (χ0n) is 34.4. The van der Waals surface area contributed by atoms with Crippen LogP contribution in [0.3, 0.4) is 0 Å². The van der Waals surface area contributed by atoms with E-state index in [0.29, 0.717) is 34.3 Å². The fraction of sp³-hybridized carbons (Fsp3) is 0. The van der Waals surface area contributed by atoms with Crippen molar-refractivity contribution in [1.29, 1.82) is 0 Å². The van der Waals surface area contributed by atoms with Crippen molar-refractivity contribution < 1.29 is 55.8 Å². The van der Waals surface area contributed by atoms with Crippen LogP contribution in [0.1, 0.15) is 31.8 Å². The molecule has 0 spiro atoms. The zero-order chi connectivity index (χ0) is 47.9. The number of hydrogen-bond donors (Lipinski definition) is 4. The highest BCUT2D eigenvalue weighted by molar-refractivity contribution is 7.95. The van der Waals surface area contributed by atoms with E-state index in [9.17, 15) is 36.6 Å². The number of aromatic hydroxyl groups is 2. The summed E-state index contributed by atoms with van der Waals surface area (Å²) in [4.78, 5) is 24.9. The molecule has 0 radical (unpaired) electrons. The molecule has 4 N–H and O–H groups in total. The second kappa shape index (κ2) is 20.9. The molecule has 0 amide bonds. The van der Waals surface area contributed by atoms with Crippen molar-refractivity contribution in [3.05, 3.63) is 214 Å². The molecule has 0 bridgehead atoms. The van der Waals surface area contributed by atoms with Crippen molar-refractivity contribution in [1.82, 2.24) is 0 Å². The molecule has 0 fully saturated rings. The molecule has 0 heterocycles. The molecule has 0 aliphatic carbocycles. The minimum Gasteiger partial charge on any atom is -0.508 e. The van der Waals surface area contributed by atoms with Crippen molar-refractivity contribution in [2.24, 2.45) is 0 Å². The van der Waals surface area contributed by atoms with Gasteiger partial charge in [0.05, 0.1) is 36.8 Å². The van der Waals surface area contributed by atoms with Crippen LogP contribution in [0.2, 0.25) is 10.0 Å². The average molecular weight is 994 g/mol. The van der Waals surface area contributed by atoms with Gasteiger partial charge in [-0.3, -0.25) is 14.1 Å². The average Bonchev–Trinajstić information content (AvgIpc) is 3.34. The van der Waals surface area contributed by atoms with Gasteiger partial charge in [-0.2, -0.15) is 8.42 Å². The number of hydrogen-bond acceptors (Lipinski definition) is 12. The Balaban J connectivity index is 0.000000228. The van der Waals surface area contributed by atoms with Gasteiger partial charge in [-0.1, -0.05) is 150 Å². The van der Waals surface area contributed by atoms with E-state index in [1.165, 1.54) is 12.1 Å². The second-order valence-electron chi connectivity index (χ2n) is 14.5. The van der Waals surface area contributed by atoms with Crippen molar-refractivity contribution in [3.63, 3.8) is 0 Å². The van der Waals surface area contributed by atoms with Crippen LogP contribution in [-0.2, 0) is 29.3 Å². The lowest BCUT2D eigenvalue weighted by Crippen LogP contribution is -2.06. The summed E-state index contributed by atoms with van der Waals surface area (Å²) in [5.74, 6) is 0.312. The third-order valence-electron chi connectivity index (χ3n) is 10.2. The lowest BCUT2D eigenvalue weighted by Gasteiger charge is -2.09. The van der Waals surface area contributed by atoms with E-state index in [2.05, 4.69) is 9.37 Å². The molecule has 0 aromatic heterocycles. The zero-order valence-corrected chi connectivity index (χ0v) is 38.3. The Morgan fingerprint density at radius 3 is 1.09 bits per heavy atom. The van der Waals surface area contributed by atoms with E-state index in [-0.39, 0.29) is 42.9 Å². The number of sulfone groups is 1. The first-order valence-corrected chi connectivity index (χ1v) is 24.0. The molecule has 0 atom stereocenters. The molecule has 0 aliphatic heterocycles. The third-order valence-corrected chi connectivity index (χ3v) is 14.4. The van der Waals surface area contributed by atoms with E-state index in [1.807, 2.05) is 121 Å². The standard InChI is InChI=1S/C38H26O4.C12H8Cl2O8S3/c39-35-21-17-29(18-22-35)27-5-13-33(14-6-27)37(41)31-9-1-25(2-10-31)26-3-11-32(12-4-26)38(42)34-15-7-28(8-16-34)30-19-23-36(40)24-20-30;13-9-3-1-7(5-11(9)23-22-21-15)24(16,17)8-2-4-10(14)12(6-8)25(18,19)20/h1-24,39-40H;1-6,15H,(H,18,19,20). The van der Waals surface area contributed by atoms with Gasteiger partial charge in [-0.05, 0) is 94.0 Å². The van der Waals surface area contributed by atoms with E-state index in [1.54, 1.807) is 24.3 Å². The van der Waals surface area contributed by atoms with E-state index in [4.69, 9.17) is 33.0 Å². The van der Waals surface area contributed by atoms with Gasteiger partial charge in [0.25, 0.3) is 10.1 Å². The Hall–Kier alpha value is -6.63. The topological polar surface area (TPSA) is 202 Å². The monoisotopic (exact) mass is 992 g/mol. The quantitative estimate of drug-likeness (QED) is 0.0280. The molecule has 12 nitrogen and oxygen atoms in total. The minimum atomic E-state index is -4.71. The highest BCUT2D eigenvalue weighted by atomic mass is 35.5. The normalized spacial score (nSPS) is 11.3. The van der Waals surface area contributed by atoms with Gasteiger partial charge in [0.1, 0.15) is 16.4 Å². The Morgan fingerprint density at radius 1 is 0.448 bits per heavy atom. The van der Waals surface area contributed by atoms with Crippen LogP contribution >= 0.6 is 35.2 Å². The van der Waals surface area contributed by atoms with E-state index < -0.39 is 29.7 Å². The summed E-state index contributed by atoms with van der Waals surface area (Å²) >= 11 is 12.0. The fourth-order valence-electron chi connectivity index (χ4n) is 6.65. The maximum Gasteiger partial charge on any atom is 0.296 e. The second-order valence-corrected chi connectivity index (χ2v) is 19.3. The summed E-state index contributed by atoms with van der Waals surface area (Å²) in [6.45, 7) is 0. The summed E-state index contributed by atoms with van der Waals surface area (Å²) in [6, 6.07) is 50.1. The van der Waals surface area contributed by atoms with Crippen molar-refractivity contribution in [3.8, 4) is 44.9 Å². The van der Waals surface area contributed by atoms with Crippen molar-refractivity contribution in [2.45, 2.75) is 19.6 Å². The largest absolute Gasteiger partial charge is 0.508 e. The summed E-state index contributed by atoms with van der Waals surface area (Å²) in [5, 5.41) is 30.4. The predicted molar refractivity (Wildman–Crippen MR) is 255 cm³/mol. The number of phenols is 2. The molecule has 8 aromatic carbocycles. The first-order chi connectivity index (χ1) is 32.0. The maximum atomic E-state index is 13.1.